The summed E-state index contributed by atoms with van der Waals surface area (Å²) in [7, 11) is 0. The number of hydrogen-bond acceptors (Lipinski definition) is 5. The molecule has 1 aromatic rings. The van der Waals surface area contributed by atoms with Crippen LogP contribution in [0.15, 0.2) is 6.07 Å². The highest BCUT2D eigenvalue weighted by Gasteiger charge is 2.23. The second-order valence-corrected chi connectivity index (χ2v) is 5.42. The lowest BCUT2D eigenvalue weighted by Gasteiger charge is -2.19. The lowest BCUT2D eigenvalue weighted by atomic mass is 10.1. The van der Waals surface area contributed by atoms with Crippen LogP contribution in [0.4, 0.5) is 11.6 Å². The van der Waals surface area contributed by atoms with Gasteiger partial charge in [-0.25, -0.2) is 9.97 Å². The minimum atomic E-state index is 0.284. The van der Waals surface area contributed by atoms with E-state index in [4.69, 9.17) is 10.1 Å². The Morgan fingerprint density at radius 2 is 2.25 bits per heavy atom. The molecule has 20 heavy (non-hydrogen) atoms. The summed E-state index contributed by atoms with van der Waals surface area (Å²) in [6.45, 7) is 7.40. The van der Waals surface area contributed by atoms with Crippen molar-refractivity contribution >= 4 is 11.6 Å². The molecule has 5 nitrogen and oxygen atoms in total. The summed E-state index contributed by atoms with van der Waals surface area (Å²) >= 11 is 0. The molecule has 0 amide bonds. The molecule has 1 unspecified atom stereocenters. The van der Waals surface area contributed by atoms with Crippen molar-refractivity contribution < 1.29 is 5.11 Å². The van der Waals surface area contributed by atoms with Crippen LogP contribution < -0.4 is 10.2 Å². The summed E-state index contributed by atoms with van der Waals surface area (Å²) in [4.78, 5) is 11.6. The molecule has 0 spiro atoms. The molecule has 1 aliphatic rings. The molecule has 0 aromatic carbocycles. The lowest BCUT2D eigenvalue weighted by Crippen LogP contribution is -2.22. The third kappa shape index (κ3) is 3.82. The summed E-state index contributed by atoms with van der Waals surface area (Å²) in [6.07, 6.45) is 4.01. The van der Waals surface area contributed by atoms with Crippen LogP contribution in [0, 0.1) is 5.92 Å². The predicted molar refractivity (Wildman–Crippen MR) is 82.2 cm³/mol. The van der Waals surface area contributed by atoms with Gasteiger partial charge in [-0.05, 0) is 32.1 Å². The number of hydrogen-bond donors (Lipinski definition) is 2. The van der Waals surface area contributed by atoms with Crippen molar-refractivity contribution in [3.63, 3.8) is 0 Å². The average Bonchev–Trinajstić information content (AvgIpc) is 2.88. The quantitative estimate of drug-likeness (QED) is 0.799. The van der Waals surface area contributed by atoms with E-state index in [1.54, 1.807) is 0 Å². The Morgan fingerprint density at radius 1 is 1.40 bits per heavy atom. The summed E-state index contributed by atoms with van der Waals surface area (Å²) < 4.78 is 0. The van der Waals surface area contributed by atoms with Crippen molar-refractivity contribution in [2.24, 2.45) is 5.92 Å². The summed E-state index contributed by atoms with van der Waals surface area (Å²) in [5.41, 5.74) is 0. The molecule has 1 aliphatic heterocycles. The highest BCUT2D eigenvalue weighted by atomic mass is 16.3. The standard InChI is InChI=1S/C15H26N4O/c1-3-5-13-17-14(16-4-2)10-15(18-13)19-8-6-12(11-19)7-9-20/h10,12,20H,3-9,11H2,1-2H3,(H,16,17,18). The summed E-state index contributed by atoms with van der Waals surface area (Å²) in [6, 6.07) is 2.05. The molecule has 2 rings (SSSR count). The minimum absolute atomic E-state index is 0.284. The van der Waals surface area contributed by atoms with E-state index in [9.17, 15) is 0 Å². The molecule has 1 aromatic heterocycles. The van der Waals surface area contributed by atoms with Crippen molar-refractivity contribution in [1.82, 2.24) is 9.97 Å². The number of aromatic nitrogens is 2. The van der Waals surface area contributed by atoms with Gasteiger partial charge in [-0.2, -0.15) is 0 Å². The number of aryl methyl sites for hydroxylation is 1. The number of aliphatic hydroxyl groups is 1. The molecule has 1 saturated heterocycles. The van der Waals surface area contributed by atoms with E-state index in [-0.39, 0.29) is 6.61 Å². The van der Waals surface area contributed by atoms with Crippen LogP contribution in [0.5, 0.6) is 0 Å². The molecule has 2 N–H and O–H groups in total. The van der Waals surface area contributed by atoms with Gasteiger partial charge in [0.25, 0.3) is 0 Å². The molecule has 0 saturated carbocycles. The largest absolute Gasteiger partial charge is 0.396 e. The van der Waals surface area contributed by atoms with Gasteiger partial charge in [0.1, 0.15) is 17.5 Å². The van der Waals surface area contributed by atoms with Gasteiger partial charge in [0.05, 0.1) is 0 Å². The van der Waals surface area contributed by atoms with Crippen LogP contribution in [0.1, 0.15) is 38.9 Å². The molecule has 0 radical (unpaired) electrons. The van der Waals surface area contributed by atoms with Gasteiger partial charge in [-0.15, -0.1) is 0 Å². The topological polar surface area (TPSA) is 61.3 Å². The number of anilines is 2. The van der Waals surface area contributed by atoms with E-state index in [1.165, 1.54) is 0 Å². The van der Waals surface area contributed by atoms with Crippen molar-refractivity contribution in [2.45, 2.75) is 39.5 Å². The average molecular weight is 278 g/mol. The molecule has 1 atom stereocenters. The molecule has 0 bridgehead atoms. The van der Waals surface area contributed by atoms with E-state index in [1.807, 2.05) is 6.07 Å². The van der Waals surface area contributed by atoms with Crippen LogP contribution in [0.3, 0.4) is 0 Å². The van der Waals surface area contributed by atoms with Crippen molar-refractivity contribution in [1.29, 1.82) is 0 Å². The maximum absolute atomic E-state index is 9.06. The van der Waals surface area contributed by atoms with Gasteiger partial charge >= 0.3 is 0 Å². The minimum Gasteiger partial charge on any atom is -0.396 e. The van der Waals surface area contributed by atoms with E-state index in [0.29, 0.717) is 5.92 Å². The van der Waals surface area contributed by atoms with Gasteiger partial charge < -0.3 is 15.3 Å². The Kier molecular flexibility index (Phi) is 5.59. The van der Waals surface area contributed by atoms with Gasteiger partial charge in [0.15, 0.2) is 0 Å². The third-order valence-electron chi connectivity index (χ3n) is 3.74. The SMILES string of the molecule is CCCc1nc(NCC)cc(N2CCC(CCO)C2)n1. The number of rotatable bonds is 7. The monoisotopic (exact) mass is 278 g/mol. The molecular formula is C15H26N4O. The maximum Gasteiger partial charge on any atom is 0.134 e. The fourth-order valence-corrected chi connectivity index (χ4v) is 2.71. The first-order chi connectivity index (χ1) is 9.76. The zero-order valence-electron chi connectivity index (χ0n) is 12.6. The van der Waals surface area contributed by atoms with E-state index in [0.717, 1.165) is 62.8 Å². The Bertz CT molecular complexity index is 400. The Labute approximate surface area is 121 Å². The smallest absolute Gasteiger partial charge is 0.134 e. The highest BCUT2D eigenvalue weighted by Crippen LogP contribution is 2.25. The predicted octanol–water partition coefficient (Wildman–Crippen LogP) is 2.07. The molecule has 0 aliphatic carbocycles. The van der Waals surface area contributed by atoms with Crippen LogP contribution in [0.2, 0.25) is 0 Å². The van der Waals surface area contributed by atoms with Gasteiger partial charge in [0.2, 0.25) is 0 Å². The van der Waals surface area contributed by atoms with Crippen molar-refractivity contribution in [2.75, 3.05) is 36.5 Å². The number of nitrogens with zero attached hydrogens (tertiary/aromatic N) is 3. The fraction of sp³-hybridized carbons (Fsp3) is 0.733. The van der Waals surface area contributed by atoms with Crippen molar-refractivity contribution in [3.05, 3.63) is 11.9 Å². The Hall–Kier alpha value is -1.36. The number of aliphatic hydroxyl groups excluding tert-OH is 1. The zero-order chi connectivity index (χ0) is 14.4. The zero-order valence-corrected chi connectivity index (χ0v) is 12.6. The van der Waals surface area contributed by atoms with Gasteiger partial charge in [-0.1, -0.05) is 6.92 Å². The lowest BCUT2D eigenvalue weighted by molar-refractivity contribution is 0.263. The van der Waals surface area contributed by atoms with E-state index >= 15 is 0 Å². The molecular weight excluding hydrogens is 252 g/mol. The Morgan fingerprint density at radius 3 is 2.95 bits per heavy atom. The van der Waals surface area contributed by atoms with E-state index in [2.05, 4.69) is 29.0 Å². The van der Waals surface area contributed by atoms with E-state index < -0.39 is 0 Å². The highest BCUT2D eigenvalue weighted by molar-refractivity contribution is 5.50. The molecule has 112 valence electrons. The second-order valence-electron chi connectivity index (χ2n) is 5.42. The third-order valence-corrected chi connectivity index (χ3v) is 3.74. The molecule has 1 fully saturated rings. The maximum atomic E-state index is 9.06. The van der Waals surface area contributed by atoms with Crippen LogP contribution >= 0.6 is 0 Å². The first-order valence-corrected chi connectivity index (χ1v) is 7.74. The fourth-order valence-electron chi connectivity index (χ4n) is 2.71. The van der Waals surface area contributed by atoms with Crippen LogP contribution in [-0.4, -0.2) is 41.3 Å². The van der Waals surface area contributed by atoms with Crippen LogP contribution in [-0.2, 0) is 6.42 Å². The summed E-state index contributed by atoms with van der Waals surface area (Å²) in [5, 5.41) is 12.3. The van der Waals surface area contributed by atoms with Gasteiger partial charge in [-0.3, -0.25) is 0 Å². The second kappa shape index (κ2) is 7.43. The molecule has 5 heteroatoms. The first-order valence-electron chi connectivity index (χ1n) is 7.74. The van der Waals surface area contributed by atoms with Crippen molar-refractivity contribution in [3.8, 4) is 0 Å². The summed E-state index contributed by atoms with van der Waals surface area (Å²) in [5.74, 6) is 3.46. The first kappa shape index (κ1) is 15.0. The number of nitrogens with one attached hydrogen (secondary N) is 1. The Balaban J connectivity index is 2.13. The van der Waals surface area contributed by atoms with Gasteiger partial charge in [0, 0.05) is 38.7 Å². The van der Waals surface area contributed by atoms with Crippen LogP contribution in [0.25, 0.3) is 0 Å². The normalized spacial score (nSPS) is 18.6. The molecule has 2 heterocycles.